The van der Waals surface area contributed by atoms with Crippen LogP contribution in [0.3, 0.4) is 0 Å². The normalized spacial score (nSPS) is 22.5. The number of ether oxygens (including phenoxy) is 7. The minimum atomic E-state index is -0.820. The second kappa shape index (κ2) is 20.3. The molecular formula is C71H76O7S. The van der Waals surface area contributed by atoms with E-state index in [0.717, 1.165) is 95.5 Å². The summed E-state index contributed by atoms with van der Waals surface area (Å²) in [5, 5.41) is 2.40. The van der Waals surface area contributed by atoms with Gasteiger partial charge in [-0.2, -0.15) is 0 Å². The molecule has 7 nitrogen and oxygen atoms in total. The van der Waals surface area contributed by atoms with Crippen molar-refractivity contribution >= 4 is 28.6 Å². The highest BCUT2D eigenvalue weighted by atomic mass is 32.2. The zero-order valence-electron chi connectivity index (χ0n) is 47.1. The van der Waals surface area contributed by atoms with Crippen LogP contribution in [0.2, 0.25) is 0 Å². The first-order chi connectivity index (χ1) is 38.2. The van der Waals surface area contributed by atoms with Crippen LogP contribution in [0.5, 0.6) is 46.0 Å². The Balaban J connectivity index is 0.882. The van der Waals surface area contributed by atoms with Crippen molar-refractivity contribution in [1.82, 2.24) is 0 Å². The summed E-state index contributed by atoms with van der Waals surface area (Å²) in [6.45, 7) is 15.7. The zero-order chi connectivity index (χ0) is 54.0. The maximum Gasteiger partial charge on any atom is 0.158 e. The Kier molecular flexibility index (Phi) is 13.4. The number of fused-ring (bicyclic) bond motifs is 11. The average molecular weight is 1070 g/mol. The Morgan fingerprint density at radius 1 is 0.481 bits per heavy atom. The van der Waals surface area contributed by atoms with E-state index >= 15 is 0 Å². The summed E-state index contributed by atoms with van der Waals surface area (Å²) >= 11 is 1.81. The molecule has 79 heavy (non-hydrogen) atoms. The lowest BCUT2D eigenvalue weighted by Gasteiger charge is -2.50. The van der Waals surface area contributed by atoms with Crippen LogP contribution in [0.4, 0.5) is 0 Å². The lowest BCUT2D eigenvalue weighted by molar-refractivity contribution is -0.0128. The molecule has 0 saturated heterocycles. The van der Waals surface area contributed by atoms with Gasteiger partial charge in [-0.15, -0.1) is 0 Å². The first-order valence-electron chi connectivity index (χ1n) is 29.4. The van der Waals surface area contributed by atoms with Crippen LogP contribution in [-0.2, 0) is 21.2 Å². The molecule has 2 fully saturated rings. The van der Waals surface area contributed by atoms with Crippen LogP contribution < -0.4 is 28.4 Å². The van der Waals surface area contributed by atoms with Crippen LogP contribution in [0.25, 0.3) is 28.0 Å². The van der Waals surface area contributed by atoms with E-state index < -0.39 is 5.60 Å². The second-order valence-corrected chi connectivity index (χ2v) is 26.9. The van der Waals surface area contributed by atoms with Crippen molar-refractivity contribution in [3.05, 3.63) is 167 Å². The van der Waals surface area contributed by atoms with Crippen molar-refractivity contribution in [2.45, 2.75) is 151 Å². The maximum atomic E-state index is 8.19. The van der Waals surface area contributed by atoms with Crippen LogP contribution in [-0.4, -0.2) is 31.4 Å². The molecule has 8 heteroatoms. The molecule has 9 aliphatic heterocycles. The van der Waals surface area contributed by atoms with Gasteiger partial charge in [-0.1, -0.05) is 126 Å². The Hall–Kier alpha value is -6.35. The molecule has 7 aromatic rings. The van der Waals surface area contributed by atoms with Gasteiger partial charge in [-0.05, 0) is 200 Å². The first kappa shape index (κ1) is 52.0. The van der Waals surface area contributed by atoms with E-state index in [-0.39, 0.29) is 21.2 Å². The lowest BCUT2D eigenvalue weighted by Crippen LogP contribution is -2.47. The van der Waals surface area contributed by atoms with E-state index in [2.05, 4.69) is 139 Å². The van der Waals surface area contributed by atoms with Gasteiger partial charge >= 0.3 is 0 Å². The van der Waals surface area contributed by atoms with Gasteiger partial charge < -0.3 is 33.2 Å². The summed E-state index contributed by atoms with van der Waals surface area (Å²) in [7, 11) is 0. The third-order valence-electron chi connectivity index (χ3n) is 19.0. The molecule has 1 unspecified atom stereocenters. The number of thioether (sulfide) groups is 1. The Morgan fingerprint density at radius 3 is 1.67 bits per heavy atom. The largest absolute Gasteiger partial charge is 0.491 e. The predicted octanol–water partition coefficient (Wildman–Crippen LogP) is 19.1. The van der Waals surface area contributed by atoms with Gasteiger partial charge in [0.1, 0.15) is 59.2 Å². The summed E-state index contributed by atoms with van der Waals surface area (Å²) in [6, 6.07) is 47.1. The molecule has 3 aliphatic carbocycles. The highest BCUT2D eigenvalue weighted by molar-refractivity contribution is 8.00. The van der Waals surface area contributed by atoms with Crippen molar-refractivity contribution in [1.29, 1.82) is 0 Å². The topological polar surface area (TPSA) is 64.6 Å². The Labute approximate surface area is 472 Å². The second-order valence-electron chi connectivity index (χ2n) is 25.3. The fourth-order valence-electron chi connectivity index (χ4n) is 14.6. The molecule has 9 heterocycles. The Bertz CT molecular complexity index is 3390. The molecule has 0 amide bonds. The fourth-order valence-corrected chi connectivity index (χ4v) is 15.6. The molecule has 19 rings (SSSR count). The van der Waals surface area contributed by atoms with Crippen molar-refractivity contribution in [2.75, 3.05) is 26.4 Å². The van der Waals surface area contributed by atoms with Gasteiger partial charge in [0.2, 0.25) is 0 Å². The molecule has 2 saturated carbocycles. The van der Waals surface area contributed by atoms with Gasteiger partial charge in [0.25, 0.3) is 0 Å². The minimum Gasteiger partial charge on any atom is -0.491 e. The average Bonchev–Trinajstić information content (AvgIpc) is 3.08. The number of hydrogen-bond acceptors (Lipinski definition) is 8. The van der Waals surface area contributed by atoms with Crippen LogP contribution in [0.1, 0.15) is 153 Å². The molecule has 0 radical (unpaired) electrons. The molecule has 0 N–H and O–H groups in total. The van der Waals surface area contributed by atoms with Gasteiger partial charge in [0, 0.05) is 27.3 Å². The molecule has 0 aromatic heterocycles. The van der Waals surface area contributed by atoms with Crippen LogP contribution in [0, 0.1) is 10.8 Å². The van der Waals surface area contributed by atoms with Crippen LogP contribution >= 0.6 is 11.8 Å². The van der Waals surface area contributed by atoms with E-state index in [1.165, 1.54) is 88.6 Å². The van der Waals surface area contributed by atoms with Gasteiger partial charge in [-0.25, -0.2) is 0 Å². The molecule has 12 aliphatic rings. The molecule has 1 atom stereocenters. The Morgan fingerprint density at radius 2 is 1.04 bits per heavy atom. The van der Waals surface area contributed by atoms with E-state index in [1.54, 1.807) is 11.8 Å². The van der Waals surface area contributed by atoms with E-state index in [0.29, 0.717) is 31.8 Å². The van der Waals surface area contributed by atoms with Crippen molar-refractivity contribution in [3.63, 3.8) is 0 Å². The van der Waals surface area contributed by atoms with Crippen LogP contribution in [0.15, 0.2) is 144 Å². The third-order valence-corrected chi connectivity index (χ3v) is 20.1. The lowest BCUT2D eigenvalue weighted by atomic mass is 9.56. The number of hydrogen-bond donors (Lipinski definition) is 0. The quantitative estimate of drug-likeness (QED) is 0.149. The third kappa shape index (κ3) is 9.66. The van der Waals surface area contributed by atoms with Crippen molar-refractivity contribution in [2.24, 2.45) is 10.8 Å². The van der Waals surface area contributed by atoms with E-state index in [9.17, 15) is 0 Å². The summed E-state index contributed by atoms with van der Waals surface area (Å²) in [4.78, 5) is 0.795. The van der Waals surface area contributed by atoms with Gasteiger partial charge in [-0.3, -0.25) is 0 Å². The summed E-state index contributed by atoms with van der Waals surface area (Å²) in [5.41, 5.74) is 8.56. The monoisotopic (exact) mass is 1070 g/mol. The molecule has 8 bridgehead atoms. The zero-order valence-corrected chi connectivity index (χ0v) is 48.0. The first-order valence-corrected chi connectivity index (χ1v) is 30.2. The smallest absolute Gasteiger partial charge is 0.158 e. The molecule has 3 spiro atoms. The molecular weight excluding hydrogens is 997 g/mol. The fraction of sp³-hybridized carbons (Fsp3) is 0.408. The van der Waals surface area contributed by atoms with Gasteiger partial charge in [0.15, 0.2) is 10.5 Å². The van der Waals surface area contributed by atoms with E-state index in [4.69, 9.17) is 33.2 Å². The SMILES string of the molecule is CC1(C)Oc2cc3c4c(c5c(c3cc2S1)OC1(C=C5)c2ccc(cc2)Oc2ccc(cc2)OCCOCCOc2ccc(cc2)Oc2ccc(cc2)C(C)(C)CCCCC1(C)C)C1(CCC2(CCCCC2)CC1)c1ccccc1-4. The highest BCUT2D eigenvalue weighted by Crippen LogP contribution is 2.66. The van der Waals surface area contributed by atoms with Crippen molar-refractivity contribution in [3.8, 4) is 57.1 Å². The van der Waals surface area contributed by atoms with E-state index in [1.807, 2.05) is 48.5 Å². The maximum absolute atomic E-state index is 8.19. The predicted molar refractivity (Wildman–Crippen MR) is 319 cm³/mol. The van der Waals surface area contributed by atoms with Crippen molar-refractivity contribution < 1.29 is 33.2 Å². The summed E-state index contributed by atoms with van der Waals surface area (Å²) < 4.78 is 45.6. The van der Waals surface area contributed by atoms with Gasteiger partial charge in [0.05, 0.1) is 18.1 Å². The highest BCUT2D eigenvalue weighted by Gasteiger charge is 2.54. The summed E-state index contributed by atoms with van der Waals surface area (Å²) in [6.07, 6.45) is 20.8. The number of rotatable bonds is 0. The molecule has 408 valence electrons. The minimum absolute atomic E-state index is 0.0375. The summed E-state index contributed by atoms with van der Waals surface area (Å²) in [5.74, 6) is 6.56. The molecule has 7 aromatic carbocycles. The standard InChI is InChI=1S/C71H76O7S/c1-66(2)33-12-13-34-67(3,4)71(49-18-22-53(23-19-49)76-55-30-26-51(27-31-55)74-45-43-72-42-44-73-50-24-28-54(29-25-50)75-52-20-16-48(66)17-21-52)37-32-57-64-63(58-46-61-62(79-68(5,6)77-61)47-59(58)65(57)78-71)56-14-8-9-15-60(56)70(64)40-38-69(39-41-70)35-10-7-11-36-69/h8-9,14-32,37,46-47H,7,10-13,33-36,38-45H2,1-6H3. The number of benzene rings is 7.